The minimum Gasteiger partial charge on any atom is -0.385 e. The number of rotatable bonds is 9. The number of allylic oxidation sites excluding steroid dienone is 4. The Labute approximate surface area is 201 Å². The summed E-state index contributed by atoms with van der Waals surface area (Å²) < 4.78 is 17.2. The van der Waals surface area contributed by atoms with Crippen LogP contribution in [0.1, 0.15) is 49.1 Å². The van der Waals surface area contributed by atoms with E-state index in [9.17, 15) is 0 Å². The maximum Gasteiger partial charge on any atom is 0.128 e. The molecule has 34 heavy (non-hydrogen) atoms. The largest absolute Gasteiger partial charge is 0.385 e. The number of aromatic nitrogens is 1. The van der Waals surface area contributed by atoms with Crippen LogP contribution in [0, 0.1) is 5.82 Å². The van der Waals surface area contributed by atoms with Gasteiger partial charge in [-0.15, -0.1) is 0 Å². The van der Waals surface area contributed by atoms with E-state index in [0.29, 0.717) is 12.1 Å². The van der Waals surface area contributed by atoms with Gasteiger partial charge in [0.05, 0.1) is 12.2 Å². The van der Waals surface area contributed by atoms with E-state index in [1.165, 1.54) is 6.07 Å². The number of fused-ring (bicyclic) bond motifs is 1. The highest BCUT2D eigenvalue weighted by Gasteiger charge is 2.23. The number of hydrogen-bond donors (Lipinski definition) is 2. The summed E-state index contributed by atoms with van der Waals surface area (Å²) in [4.78, 5) is 0. The standard InChI is InChI=1S/C30H32FN3/c1-6-7-16-32-21(4)23-14-15-27(31)24(18-23)19-34-28-13-9-8-11-26(28)29(30(34)20(2)3)25-12-10-17-33-22(25)5/h8-15,17-18,32-33H,2,4-7,16,19H2,1,3H3. The highest BCUT2D eigenvalue weighted by atomic mass is 19.1. The maximum absolute atomic E-state index is 15.1. The van der Waals surface area contributed by atoms with E-state index < -0.39 is 0 Å². The van der Waals surface area contributed by atoms with Crippen molar-refractivity contribution in [1.82, 2.24) is 15.2 Å². The van der Waals surface area contributed by atoms with Gasteiger partial charge in [0, 0.05) is 51.7 Å². The molecule has 0 spiro atoms. The highest BCUT2D eigenvalue weighted by Crippen LogP contribution is 2.38. The Morgan fingerprint density at radius 1 is 1.15 bits per heavy atom. The van der Waals surface area contributed by atoms with Gasteiger partial charge in [-0.1, -0.05) is 63.4 Å². The fourth-order valence-electron chi connectivity index (χ4n) is 4.46. The van der Waals surface area contributed by atoms with Gasteiger partial charge < -0.3 is 15.2 Å². The first-order chi connectivity index (χ1) is 16.4. The van der Waals surface area contributed by atoms with Crippen LogP contribution in [0.2, 0.25) is 0 Å². The zero-order valence-electron chi connectivity index (χ0n) is 20.0. The van der Waals surface area contributed by atoms with Crippen LogP contribution >= 0.6 is 0 Å². The number of unbranched alkanes of at least 4 members (excludes halogenated alkanes) is 1. The third-order valence-corrected chi connectivity index (χ3v) is 6.18. The van der Waals surface area contributed by atoms with Crippen molar-refractivity contribution in [1.29, 1.82) is 0 Å². The van der Waals surface area contributed by atoms with Crippen LogP contribution < -0.4 is 10.6 Å². The zero-order valence-corrected chi connectivity index (χ0v) is 20.0. The van der Waals surface area contributed by atoms with Crippen LogP contribution in [0.3, 0.4) is 0 Å². The van der Waals surface area contributed by atoms with Crippen LogP contribution in [0.4, 0.5) is 4.39 Å². The molecule has 0 aliphatic carbocycles. The predicted octanol–water partition coefficient (Wildman–Crippen LogP) is 7.24. The lowest BCUT2D eigenvalue weighted by molar-refractivity contribution is 0.601. The number of hydrogen-bond acceptors (Lipinski definition) is 2. The topological polar surface area (TPSA) is 29.0 Å². The molecule has 0 atom stereocenters. The van der Waals surface area contributed by atoms with Gasteiger partial charge in [0.25, 0.3) is 0 Å². The molecule has 0 bridgehead atoms. The normalized spacial score (nSPS) is 13.0. The molecule has 2 aromatic carbocycles. The van der Waals surface area contributed by atoms with Crippen LogP contribution in [0.5, 0.6) is 0 Å². The zero-order chi connectivity index (χ0) is 24.2. The van der Waals surface area contributed by atoms with Gasteiger partial charge >= 0.3 is 0 Å². The molecule has 4 rings (SSSR count). The second-order valence-electron chi connectivity index (χ2n) is 8.73. The summed E-state index contributed by atoms with van der Waals surface area (Å²) in [5.74, 6) is -0.233. The molecule has 0 saturated carbocycles. The van der Waals surface area contributed by atoms with Crippen LogP contribution in [-0.4, -0.2) is 11.1 Å². The van der Waals surface area contributed by atoms with E-state index in [2.05, 4.69) is 60.1 Å². The van der Waals surface area contributed by atoms with Crippen molar-refractivity contribution in [2.75, 3.05) is 6.54 Å². The number of halogens is 1. The maximum atomic E-state index is 15.1. The molecule has 0 amide bonds. The molecule has 0 fully saturated rings. The fraction of sp³-hybridized carbons (Fsp3) is 0.200. The van der Waals surface area contributed by atoms with Gasteiger partial charge in [0.1, 0.15) is 5.82 Å². The second-order valence-corrected chi connectivity index (χ2v) is 8.73. The van der Waals surface area contributed by atoms with E-state index in [-0.39, 0.29) is 5.82 Å². The number of dihydropyridines is 1. The summed E-state index contributed by atoms with van der Waals surface area (Å²) in [6.45, 7) is 18.0. The minimum absolute atomic E-state index is 0.233. The van der Waals surface area contributed by atoms with E-state index >= 15 is 4.39 Å². The molecule has 3 nitrogen and oxygen atoms in total. The van der Waals surface area contributed by atoms with Gasteiger partial charge in [-0.25, -0.2) is 4.39 Å². The van der Waals surface area contributed by atoms with E-state index in [4.69, 9.17) is 0 Å². The summed E-state index contributed by atoms with van der Waals surface area (Å²) >= 11 is 0. The summed E-state index contributed by atoms with van der Waals surface area (Å²) in [6.07, 6.45) is 8.07. The Balaban J connectivity index is 1.83. The van der Waals surface area contributed by atoms with Crippen molar-refractivity contribution in [2.45, 2.75) is 33.2 Å². The molecular weight excluding hydrogens is 421 g/mol. The Hall–Kier alpha value is -3.79. The third-order valence-electron chi connectivity index (χ3n) is 6.18. The average molecular weight is 454 g/mol. The molecule has 0 saturated heterocycles. The molecule has 2 N–H and O–H groups in total. The van der Waals surface area contributed by atoms with E-state index in [1.54, 1.807) is 6.07 Å². The Bertz CT molecular complexity index is 1340. The Morgan fingerprint density at radius 2 is 1.94 bits per heavy atom. The first-order valence-corrected chi connectivity index (χ1v) is 11.7. The first-order valence-electron chi connectivity index (χ1n) is 11.7. The van der Waals surface area contributed by atoms with Crippen molar-refractivity contribution < 1.29 is 4.39 Å². The van der Waals surface area contributed by atoms with Crippen LogP contribution in [0.15, 0.2) is 86.3 Å². The molecule has 1 aliphatic rings. The fourth-order valence-corrected chi connectivity index (χ4v) is 4.46. The van der Waals surface area contributed by atoms with E-state index in [1.807, 2.05) is 37.4 Å². The third kappa shape index (κ3) is 4.49. The van der Waals surface area contributed by atoms with Crippen molar-refractivity contribution in [3.8, 4) is 0 Å². The van der Waals surface area contributed by atoms with E-state index in [0.717, 1.165) is 69.7 Å². The van der Waals surface area contributed by atoms with Crippen molar-refractivity contribution in [3.63, 3.8) is 0 Å². The van der Waals surface area contributed by atoms with Crippen LogP contribution in [-0.2, 0) is 6.54 Å². The van der Waals surface area contributed by atoms with Crippen molar-refractivity contribution in [3.05, 3.63) is 114 Å². The summed E-state index contributed by atoms with van der Waals surface area (Å²) in [6, 6.07) is 13.4. The van der Waals surface area contributed by atoms with Crippen LogP contribution in [0.25, 0.3) is 27.7 Å². The van der Waals surface area contributed by atoms with Gasteiger partial charge in [0.15, 0.2) is 0 Å². The minimum atomic E-state index is -0.233. The Kier molecular flexibility index (Phi) is 6.87. The smallest absolute Gasteiger partial charge is 0.128 e. The van der Waals surface area contributed by atoms with Gasteiger partial charge in [-0.2, -0.15) is 0 Å². The van der Waals surface area contributed by atoms with Crippen molar-refractivity contribution in [2.24, 2.45) is 0 Å². The number of para-hydroxylation sites is 1. The average Bonchev–Trinajstić information content (AvgIpc) is 3.15. The molecule has 4 heteroatoms. The molecule has 0 radical (unpaired) electrons. The molecule has 174 valence electrons. The second kappa shape index (κ2) is 10.0. The lowest BCUT2D eigenvalue weighted by atomic mass is 9.96. The van der Waals surface area contributed by atoms with Gasteiger partial charge in [0.2, 0.25) is 0 Å². The summed E-state index contributed by atoms with van der Waals surface area (Å²) in [5.41, 5.74) is 8.16. The first kappa shape index (κ1) is 23.4. The van der Waals surface area contributed by atoms with Gasteiger partial charge in [-0.05, 0) is 48.8 Å². The number of nitrogens with zero attached hydrogens (tertiary/aromatic N) is 1. The SMILES string of the molecule is C=C1NC=CC=C1c1c(C(=C)C)n(Cc2cc(C(=C)NCCCC)ccc2F)c2ccccc12. The molecular formula is C30H32FN3. The monoisotopic (exact) mass is 453 g/mol. The lowest BCUT2D eigenvalue weighted by Crippen LogP contribution is -2.13. The summed E-state index contributed by atoms with van der Waals surface area (Å²) in [5, 5.41) is 7.65. The predicted molar refractivity (Wildman–Crippen MR) is 143 cm³/mol. The Morgan fingerprint density at radius 3 is 2.68 bits per heavy atom. The number of benzene rings is 2. The highest BCUT2D eigenvalue weighted by molar-refractivity contribution is 6.02. The number of nitrogens with one attached hydrogen (secondary N) is 2. The molecule has 1 aromatic heterocycles. The molecule has 3 aromatic rings. The van der Waals surface area contributed by atoms with Gasteiger partial charge in [-0.3, -0.25) is 0 Å². The summed E-state index contributed by atoms with van der Waals surface area (Å²) in [7, 11) is 0. The van der Waals surface area contributed by atoms with Crippen molar-refractivity contribution >= 4 is 27.7 Å². The molecule has 2 heterocycles. The quantitative estimate of drug-likeness (QED) is 0.335. The molecule has 1 aliphatic heterocycles. The lowest BCUT2D eigenvalue weighted by Gasteiger charge is -2.18. The molecule has 0 unspecified atom stereocenters.